The van der Waals surface area contributed by atoms with Crippen LogP contribution in [-0.4, -0.2) is 32.5 Å². The SMILES string of the molecule is CCCC[Si](CCCC)(CCCC)OC(=O)C(C)S(=O)(=O)O. The molecule has 0 aliphatic carbocycles. The van der Waals surface area contributed by atoms with Crippen LogP contribution in [-0.2, 0) is 19.3 Å². The van der Waals surface area contributed by atoms with E-state index in [0.717, 1.165) is 56.7 Å². The number of carbonyl (C=O) groups excluding carboxylic acids is 1. The third-order valence-corrected chi connectivity index (χ3v) is 9.57. The maximum atomic E-state index is 12.2. The van der Waals surface area contributed by atoms with Crippen molar-refractivity contribution in [2.75, 3.05) is 0 Å². The van der Waals surface area contributed by atoms with Crippen LogP contribution in [0.5, 0.6) is 0 Å². The minimum Gasteiger partial charge on any atom is -0.518 e. The molecule has 0 radical (unpaired) electrons. The molecule has 1 atom stereocenters. The Morgan fingerprint density at radius 1 is 1.00 bits per heavy atom. The van der Waals surface area contributed by atoms with Crippen molar-refractivity contribution in [3.63, 3.8) is 0 Å². The first kappa shape index (κ1) is 21.6. The van der Waals surface area contributed by atoms with Gasteiger partial charge in [-0.2, -0.15) is 8.42 Å². The zero-order valence-corrected chi connectivity index (χ0v) is 16.2. The molecule has 7 heteroatoms. The molecule has 0 aromatic rings. The molecule has 0 saturated heterocycles. The van der Waals surface area contributed by atoms with Gasteiger partial charge in [-0.1, -0.05) is 59.3 Å². The van der Waals surface area contributed by atoms with Gasteiger partial charge < -0.3 is 4.43 Å². The standard InChI is InChI=1S/C15H32O5SSi/c1-5-8-11-22(12-9-6-2,13-10-7-3)20-15(16)14(4)21(17,18)19/h14H,5-13H2,1-4H3,(H,17,18,19). The van der Waals surface area contributed by atoms with E-state index in [1.54, 1.807) is 0 Å². The summed E-state index contributed by atoms with van der Waals surface area (Å²) in [5, 5.41) is -1.50. The summed E-state index contributed by atoms with van der Waals surface area (Å²) < 4.78 is 37.2. The lowest BCUT2D eigenvalue weighted by atomic mass is 10.4. The molecule has 0 aromatic heterocycles. The van der Waals surface area contributed by atoms with Gasteiger partial charge in [0.05, 0.1) is 0 Å². The van der Waals surface area contributed by atoms with Gasteiger partial charge in [0.2, 0.25) is 0 Å². The minimum atomic E-state index is -4.39. The van der Waals surface area contributed by atoms with E-state index in [-0.39, 0.29) is 0 Å². The summed E-state index contributed by atoms with van der Waals surface area (Å²) in [6.45, 7) is 7.49. The van der Waals surface area contributed by atoms with Gasteiger partial charge in [0.25, 0.3) is 18.4 Å². The molecule has 0 saturated carbocycles. The van der Waals surface area contributed by atoms with Crippen LogP contribution in [0.25, 0.3) is 0 Å². The quantitative estimate of drug-likeness (QED) is 0.421. The van der Waals surface area contributed by atoms with Crippen LogP contribution in [0.1, 0.15) is 66.2 Å². The third-order valence-electron chi connectivity index (χ3n) is 4.05. The second kappa shape index (κ2) is 10.4. The summed E-state index contributed by atoms with van der Waals surface area (Å²) in [6, 6.07) is 2.65. The number of hydrogen-bond acceptors (Lipinski definition) is 4. The Bertz CT molecular complexity index is 400. The fraction of sp³-hybridized carbons (Fsp3) is 0.933. The van der Waals surface area contributed by atoms with Crippen molar-refractivity contribution in [1.82, 2.24) is 0 Å². The lowest BCUT2D eigenvalue weighted by molar-refractivity contribution is -0.134. The summed E-state index contributed by atoms with van der Waals surface area (Å²) in [7, 11) is -6.68. The Balaban J connectivity index is 5.18. The number of hydrogen-bond donors (Lipinski definition) is 1. The fourth-order valence-electron chi connectivity index (χ4n) is 2.44. The maximum absolute atomic E-state index is 12.2. The van der Waals surface area contributed by atoms with Crippen molar-refractivity contribution in [3.8, 4) is 0 Å². The van der Waals surface area contributed by atoms with Gasteiger partial charge in [-0.3, -0.25) is 9.35 Å². The Hall–Kier alpha value is -0.403. The minimum absolute atomic E-state index is 0.780. The molecule has 0 rings (SSSR count). The van der Waals surface area contributed by atoms with Crippen LogP contribution >= 0.6 is 0 Å². The van der Waals surface area contributed by atoms with E-state index in [1.807, 2.05) is 0 Å². The van der Waals surface area contributed by atoms with Crippen molar-refractivity contribution in [1.29, 1.82) is 0 Å². The Morgan fingerprint density at radius 3 is 1.64 bits per heavy atom. The van der Waals surface area contributed by atoms with Crippen LogP contribution in [0.15, 0.2) is 0 Å². The summed E-state index contributed by atoms with van der Waals surface area (Å²) in [5.74, 6) is -0.780. The Kier molecular flexibility index (Phi) is 10.2. The summed E-state index contributed by atoms with van der Waals surface area (Å²) in [5.41, 5.74) is 0. The molecule has 0 bridgehead atoms. The molecule has 5 nitrogen and oxygen atoms in total. The van der Waals surface area contributed by atoms with E-state index in [4.69, 9.17) is 8.98 Å². The van der Waals surface area contributed by atoms with Crippen molar-refractivity contribution in [3.05, 3.63) is 0 Å². The van der Waals surface area contributed by atoms with Crippen LogP contribution in [0, 0.1) is 0 Å². The molecule has 0 heterocycles. The van der Waals surface area contributed by atoms with Crippen molar-refractivity contribution in [2.45, 2.75) is 89.6 Å². The van der Waals surface area contributed by atoms with Crippen LogP contribution in [0.4, 0.5) is 0 Å². The third kappa shape index (κ3) is 7.74. The first-order valence-electron chi connectivity index (χ1n) is 8.41. The van der Waals surface area contributed by atoms with Crippen molar-refractivity contribution >= 4 is 24.4 Å². The van der Waals surface area contributed by atoms with Gasteiger partial charge in [0.15, 0.2) is 5.25 Å². The summed E-state index contributed by atoms with van der Waals surface area (Å²) in [4.78, 5) is 12.2. The molecule has 0 aromatic carbocycles. The molecule has 22 heavy (non-hydrogen) atoms. The fourth-order valence-corrected chi connectivity index (χ4v) is 7.47. The van der Waals surface area contributed by atoms with Gasteiger partial charge in [-0.05, 0) is 25.1 Å². The highest BCUT2D eigenvalue weighted by Gasteiger charge is 2.40. The molecule has 1 N–H and O–H groups in total. The number of unbranched alkanes of at least 4 members (excludes halogenated alkanes) is 3. The molecule has 0 aliphatic heterocycles. The summed E-state index contributed by atoms with van der Waals surface area (Å²) in [6.07, 6.45) is 6.06. The molecule has 0 fully saturated rings. The number of carbonyl (C=O) groups is 1. The molecular weight excluding hydrogens is 320 g/mol. The maximum Gasteiger partial charge on any atom is 0.313 e. The topological polar surface area (TPSA) is 80.7 Å². The van der Waals surface area contributed by atoms with E-state index in [1.165, 1.54) is 6.92 Å². The second-order valence-electron chi connectivity index (χ2n) is 6.07. The van der Waals surface area contributed by atoms with Gasteiger partial charge >= 0.3 is 5.97 Å². The highest BCUT2D eigenvalue weighted by atomic mass is 32.2. The van der Waals surface area contributed by atoms with E-state index in [2.05, 4.69) is 20.8 Å². The molecule has 132 valence electrons. The van der Waals surface area contributed by atoms with Crippen LogP contribution < -0.4 is 0 Å². The molecule has 0 aliphatic rings. The smallest absolute Gasteiger partial charge is 0.313 e. The highest BCUT2D eigenvalue weighted by Crippen LogP contribution is 2.30. The van der Waals surface area contributed by atoms with E-state index in [9.17, 15) is 13.2 Å². The molecular formula is C15H32O5SSi. The monoisotopic (exact) mass is 352 g/mol. The van der Waals surface area contributed by atoms with Gasteiger partial charge in [-0.25, -0.2) is 0 Å². The average molecular weight is 353 g/mol. The largest absolute Gasteiger partial charge is 0.518 e. The van der Waals surface area contributed by atoms with E-state index in [0.29, 0.717) is 0 Å². The van der Waals surface area contributed by atoms with Crippen molar-refractivity contribution in [2.24, 2.45) is 0 Å². The van der Waals surface area contributed by atoms with Crippen LogP contribution in [0.2, 0.25) is 18.1 Å². The zero-order chi connectivity index (χ0) is 17.2. The first-order valence-corrected chi connectivity index (χ1v) is 12.4. The Morgan fingerprint density at radius 2 is 1.36 bits per heavy atom. The first-order chi connectivity index (χ1) is 10.2. The Labute approximate surface area is 136 Å². The van der Waals surface area contributed by atoms with Crippen molar-refractivity contribution < 1.29 is 22.2 Å². The zero-order valence-electron chi connectivity index (χ0n) is 14.4. The summed E-state index contributed by atoms with van der Waals surface area (Å²) >= 11 is 0. The van der Waals surface area contributed by atoms with E-state index >= 15 is 0 Å². The normalized spacial score (nSPS) is 13.9. The van der Waals surface area contributed by atoms with Gasteiger partial charge in [0, 0.05) is 0 Å². The highest BCUT2D eigenvalue weighted by molar-refractivity contribution is 7.87. The van der Waals surface area contributed by atoms with Gasteiger partial charge in [-0.15, -0.1) is 0 Å². The lowest BCUT2D eigenvalue weighted by Crippen LogP contribution is -2.44. The molecule has 1 unspecified atom stereocenters. The van der Waals surface area contributed by atoms with E-state index < -0.39 is 29.7 Å². The predicted octanol–water partition coefficient (Wildman–Crippen LogP) is 4.15. The van der Waals surface area contributed by atoms with Crippen LogP contribution in [0.3, 0.4) is 0 Å². The average Bonchev–Trinajstić information content (AvgIpc) is 2.46. The predicted molar refractivity (Wildman–Crippen MR) is 92.0 cm³/mol. The second-order valence-corrected chi connectivity index (χ2v) is 11.9. The number of rotatable bonds is 12. The molecule has 0 amide bonds. The lowest BCUT2D eigenvalue weighted by Gasteiger charge is -2.32. The van der Waals surface area contributed by atoms with Gasteiger partial charge in [0.1, 0.15) is 0 Å². The molecule has 0 spiro atoms.